The first kappa shape index (κ1) is 18.8. The van der Waals surface area contributed by atoms with Gasteiger partial charge in [0.05, 0.1) is 24.0 Å². The molecule has 6 heteroatoms. The molecule has 2 fully saturated rings. The number of nitrogens with one attached hydrogen (secondary N) is 2. The smallest absolute Gasteiger partial charge is 0.278 e. The molecule has 158 valence electrons. The number of aromatic nitrogens is 3. The molecule has 6 rings (SSSR count). The lowest BCUT2D eigenvalue weighted by atomic mass is 9.89. The van der Waals surface area contributed by atoms with E-state index in [4.69, 9.17) is 4.98 Å². The zero-order valence-electron chi connectivity index (χ0n) is 17.8. The van der Waals surface area contributed by atoms with E-state index in [-0.39, 0.29) is 0 Å². The van der Waals surface area contributed by atoms with E-state index in [0.29, 0.717) is 6.04 Å². The van der Waals surface area contributed by atoms with E-state index in [2.05, 4.69) is 20.2 Å². The summed E-state index contributed by atoms with van der Waals surface area (Å²) in [6, 6.07) is 0.559. The van der Waals surface area contributed by atoms with Crippen LogP contribution in [0.4, 0.5) is 11.6 Å². The van der Waals surface area contributed by atoms with Crippen molar-refractivity contribution < 1.29 is 4.98 Å². The highest BCUT2D eigenvalue weighted by atomic mass is 32.1. The average Bonchev–Trinajstić information content (AvgIpc) is 3.20. The molecule has 0 aromatic carbocycles. The van der Waals surface area contributed by atoms with Crippen LogP contribution >= 0.6 is 11.3 Å². The number of H-pyrrole nitrogens is 1. The van der Waals surface area contributed by atoms with Crippen LogP contribution in [0.5, 0.6) is 0 Å². The minimum Gasteiger partial charge on any atom is -0.366 e. The highest BCUT2D eigenvalue weighted by Gasteiger charge is 2.30. The minimum atomic E-state index is 0.559. The molecule has 2 N–H and O–H groups in total. The third-order valence-corrected chi connectivity index (χ3v) is 8.48. The first-order valence-corrected chi connectivity index (χ1v) is 12.9. The first-order chi connectivity index (χ1) is 14.9. The number of piperidine rings is 1. The number of rotatable bonds is 3. The second-order valence-electron chi connectivity index (χ2n) is 9.37. The third-order valence-electron chi connectivity index (χ3n) is 7.38. The molecule has 30 heavy (non-hydrogen) atoms. The Morgan fingerprint density at radius 1 is 0.900 bits per heavy atom. The predicted octanol–water partition coefficient (Wildman–Crippen LogP) is 5.27. The molecule has 0 amide bonds. The zero-order valence-corrected chi connectivity index (χ0v) is 18.6. The average molecular weight is 423 g/mol. The molecule has 4 heterocycles. The van der Waals surface area contributed by atoms with Crippen molar-refractivity contribution in [2.45, 2.75) is 83.1 Å². The second kappa shape index (κ2) is 7.95. The van der Waals surface area contributed by atoms with Crippen molar-refractivity contribution in [1.29, 1.82) is 0 Å². The molecule has 3 aromatic heterocycles. The van der Waals surface area contributed by atoms with Crippen molar-refractivity contribution in [3.05, 3.63) is 17.5 Å². The van der Waals surface area contributed by atoms with Gasteiger partial charge in [-0.05, 0) is 63.4 Å². The van der Waals surface area contributed by atoms with Crippen molar-refractivity contribution in [2.24, 2.45) is 0 Å². The summed E-state index contributed by atoms with van der Waals surface area (Å²) in [5, 5.41) is 5.15. The van der Waals surface area contributed by atoms with Gasteiger partial charge in [0.1, 0.15) is 16.8 Å². The minimum absolute atomic E-state index is 0.559. The van der Waals surface area contributed by atoms with Crippen LogP contribution in [0.1, 0.15) is 75.3 Å². The Morgan fingerprint density at radius 2 is 1.67 bits per heavy atom. The molecule has 1 saturated carbocycles. The topological polar surface area (TPSA) is 55.2 Å². The quantitative estimate of drug-likeness (QED) is 0.624. The summed E-state index contributed by atoms with van der Waals surface area (Å²) >= 11 is 1.86. The van der Waals surface area contributed by atoms with Crippen molar-refractivity contribution in [3.8, 4) is 0 Å². The molecule has 1 saturated heterocycles. The lowest BCUT2D eigenvalue weighted by molar-refractivity contribution is -0.328. The van der Waals surface area contributed by atoms with Gasteiger partial charge in [0.25, 0.3) is 5.82 Å². The number of aryl methyl sites for hydroxylation is 1. The van der Waals surface area contributed by atoms with Crippen LogP contribution in [0.25, 0.3) is 20.4 Å². The fraction of sp³-hybridized carbons (Fsp3) is 0.625. The Morgan fingerprint density at radius 3 is 2.50 bits per heavy atom. The van der Waals surface area contributed by atoms with Crippen molar-refractivity contribution in [1.82, 2.24) is 9.97 Å². The molecule has 0 atom stereocenters. The number of nitrogens with zero attached hydrogens (tertiary/aromatic N) is 3. The summed E-state index contributed by atoms with van der Waals surface area (Å²) in [6.45, 7) is 2.38. The van der Waals surface area contributed by atoms with Crippen LogP contribution in [0, 0.1) is 0 Å². The normalized spacial score (nSPS) is 20.6. The largest absolute Gasteiger partial charge is 0.366 e. The van der Waals surface area contributed by atoms with Gasteiger partial charge in [-0.2, -0.15) is 0 Å². The maximum atomic E-state index is 4.80. The van der Waals surface area contributed by atoms with Gasteiger partial charge >= 0.3 is 0 Å². The summed E-state index contributed by atoms with van der Waals surface area (Å²) in [6.07, 6.45) is 17.3. The number of hydrogen-bond donors (Lipinski definition) is 1. The highest BCUT2D eigenvalue weighted by molar-refractivity contribution is 7.25. The summed E-state index contributed by atoms with van der Waals surface area (Å²) in [5.41, 5.74) is 4.28. The summed E-state index contributed by atoms with van der Waals surface area (Å²) in [4.78, 5) is 17.3. The molecule has 0 unspecified atom stereocenters. The van der Waals surface area contributed by atoms with E-state index < -0.39 is 0 Å². The van der Waals surface area contributed by atoms with Gasteiger partial charge < -0.3 is 5.32 Å². The Hall–Kier alpha value is -1.95. The van der Waals surface area contributed by atoms with E-state index in [1.807, 2.05) is 11.3 Å². The maximum Gasteiger partial charge on any atom is 0.278 e. The van der Waals surface area contributed by atoms with Gasteiger partial charge in [-0.1, -0.05) is 30.6 Å². The molecular weight excluding hydrogens is 390 g/mol. The molecule has 1 aliphatic heterocycles. The predicted molar refractivity (Wildman–Crippen MR) is 125 cm³/mol. The Bertz CT molecular complexity index is 1060. The number of aromatic amines is 1. The van der Waals surface area contributed by atoms with Crippen LogP contribution in [0.15, 0.2) is 6.33 Å². The summed E-state index contributed by atoms with van der Waals surface area (Å²) in [7, 11) is 0. The van der Waals surface area contributed by atoms with Crippen molar-refractivity contribution in [2.75, 3.05) is 23.3 Å². The van der Waals surface area contributed by atoms with Gasteiger partial charge in [0, 0.05) is 11.6 Å². The lowest BCUT2D eigenvalue weighted by Gasteiger charge is -2.25. The fourth-order valence-corrected chi connectivity index (χ4v) is 6.97. The van der Waals surface area contributed by atoms with Gasteiger partial charge in [0.15, 0.2) is 4.83 Å². The molecule has 5 nitrogen and oxygen atoms in total. The molecule has 2 aliphatic carbocycles. The molecule has 3 aromatic rings. The SMILES string of the molecule is c1nc(NC2CCCCC2)c2sc3[nH+]c(N4CCCCC4)c4c(c3c2n1)CCCC4. The molecule has 0 spiro atoms. The molecule has 0 bridgehead atoms. The lowest BCUT2D eigenvalue weighted by Crippen LogP contribution is -2.36. The fourth-order valence-electron chi connectivity index (χ4n) is 5.83. The van der Waals surface area contributed by atoms with Crippen molar-refractivity contribution >= 4 is 43.4 Å². The molecule has 0 radical (unpaired) electrons. The number of hydrogen-bond acceptors (Lipinski definition) is 5. The van der Waals surface area contributed by atoms with Crippen LogP contribution < -0.4 is 15.2 Å². The number of fused-ring (bicyclic) bond motifs is 5. The number of thiophene rings is 1. The van der Waals surface area contributed by atoms with E-state index >= 15 is 0 Å². The van der Waals surface area contributed by atoms with Crippen LogP contribution in [0.3, 0.4) is 0 Å². The van der Waals surface area contributed by atoms with Gasteiger partial charge in [-0.3, -0.25) is 4.90 Å². The Balaban J connectivity index is 1.49. The van der Waals surface area contributed by atoms with Gasteiger partial charge in [-0.25, -0.2) is 15.0 Å². The standard InChI is InChI=1S/C24H31N5S/c1-3-9-16(10-4-1)27-22-21-20(25-15-26-22)19-17-11-5-6-12-18(17)23(28-24(19)30-21)29-13-7-2-8-14-29/h15-16H,1-14H2,(H,25,26,27)/p+1. The Kier molecular flexibility index (Phi) is 4.98. The van der Waals surface area contributed by atoms with Crippen LogP contribution in [-0.4, -0.2) is 29.1 Å². The maximum absolute atomic E-state index is 4.80. The van der Waals surface area contributed by atoms with Crippen molar-refractivity contribution in [3.63, 3.8) is 0 Å². The number of anilines is 2. The third kappa shape index (κ3) is 3.24. The van der Waals surface area contributed by atoms with E-state index in [1.54, 1.807) is 17.5 Å². The summed E-state index contributed by atoms with van der Waals surface area (Å²) < 4.78 is 1.23. The second-order valence-corrected chi connectivity index (χ2v) is 10.4. The first-order valence-electron chi connectivity index (χ1n) is 12.0. The van der Waals surface area contributed by atoms with Gasteiger partial charge in [0.2, 0.25) is 0 Å². The monoisotopic (exact) mass is 422 g/mol. The van der Waals surface area contributed by atoms with Crippen LogP contribution in [0.2, 0.25) is 0 Å². The Labute approximate surface area is 182 Å². The zero-order chi connectivity index (χ0) is 19.9. The molecule has 3 aliphatic rings. The van der Waals surface area contributed by atoms with E-state index in [1.165, 1.54) is 111 Å². The van der Waals surface area contributed by atoms with Gasteiger partial charge in [-0.15, -0.1) is 0 Å². The molecular formula is C24H32N5S+. The summed E-state index contributed by atoms with van der Waals surface area (Å²) in [5.74, 6) is 2.45. The highest BCUT2D eigenvalue weighted by Crippen LogP contribution is 2.41. The number of pyridine rings is 1. The van der Waals surface area contributed by atoms with E-state index in [0.717, 1.165) is 11.3 Å². The van der Waals surface area contributed by atoms with Crippen LogP contribution in [-0.2, 0) is 12.8 Å². The van der Waals surface area contributed by atoms with E-state index in [9.17, 15) is 0 Å².